The van der Waals surface area contributed by atoms with E-state index >= 15 is 0 Å². The van der Waals surface area contributed by atoms with Gasteiger partial charge in [-0.05, 0) is 0 Å². The molecule has 1 rings (SSSR count). The van der Waals surface area contributed by atoms with Gasteiger partial charge in [0, 0.05) is 12.1 Å². The van der Waals surface area contributed by atoms with Crippen LogP contribution in [-0.4, -0.2) is 14.7 Å². The summed E-state index contributed by atoms with van der Waals surface area (Å²) in [5, 5.41) is 0. The number of halogens is 2. The van der Waals surface area contributed by atoms with Crippen molar-refractivity contribution < 1.29 is 21.4 Å². The van der Waals surface area contributed by atoms with Crippen LogP contribution < -0.4 is 9.92 Å². The van der Waals surface area contributed by atoms with Gasteiger partial charge in [0.05, 0.1) is 11.9 Å². The lowest BCUT2D eigenvalue weighted by atomic mass is 10.3. The van der Waals surface area contributed by atoms with Crippen molar-refractivity contribution in [2.75, 3.05) is 12.0 Å². The summed E-state index contributed by atoms with van der Waals surface area (Å²) in [6, 6.07) is 1.22. The van der Waals surface area contributed by atoms with E-state index in [2.05, 4.69) is 4.18 Å². The van der Waals surface area contributed by atoms with Crippen LogP contribution in [0.25, 0.3) is 0 Å². The Morgan fingerprint density at radius 3 is 2.36 bits per heavy atom. The normalized spacial score (nSPS) is 11.4. The Kier molecular flexibility index (Phi) is 2.61. The molecule has 0 atom stereocenters. The largest absolute Gasteiger partial charge is 0.396 e. The summed E-state index contributed by atoms with van der Waals surface area (Å²) in [6.07, 6.45) is 0.723. The molecule has 0 unspecified atom stereocenters. The van der Waals surface area contributed by atoms with E-state index in [9.17, 15) is 17.2 Å². The zero-order valence-corrected chi connectivity index (χ0v) is 7.94. The molecule has 0 amide bonds. The highest BCUT2D eigenvalue weighted by Gasteiger charge is 2.13. The van der Waals surface area contributed by atoms with Gasteiger partial charge in [-0.2, -0.15) is 8.42 Å². The summed E-state index contributed by atoms with van der Waals surface area (Å²) in [5.74, 6) is -2.68. The van der Waals surface area contributed by atoms with E-state index in [0.29, 0.717) is 12.1 Å². The summed E-state index contributed by atoms with van der Waals surface area (Å²) in [5.41, 5.74) is 4.62. The van der Waals surface area contributed by atoms with Crippen LogP contribution in [0.2, 0.25) is 0 Å². The van der Waals surface area contributed by atoms with Crippen LogP contribution in [0.4, 0.5) is 14.5 Å². The predicted octanol–water partition coefficient (Wildman–Crippen LogP) is 0.885. The average Bonchev–Trinajstić information content (AvgIpc) is 1.97. The molecule has 0 bridgehead atoms. The van der Waals surface area contributed by atoms with Crippen LogP contribution in [0.15, 0.2) is 12.1 Å². The standard InChI is InChI=1S/C7H7F2NO3S/c1-14(11,12)13-7-3-4(8)6(10)2-5(7)9/h2-3H,10H2,1H3. The molecule has 0 aliphatic rings. The first kappa shape index (κ1) is 10.7. The summed E-state index contributed by atoms with van der Waals surface area (Å²) < 4.78 is 51.1. The smallest absolute Gasteiger partial charge is 0.306 e. The van der Waals surface area contributed by atoms with Crippen LogP contribution in [0.3, 0.4) is 0 Å². The molecule has 2 N–H and O–H groups in total. The molecule has 1 aromatic carbocycles. The third-order valence-electron chi connectivity index (χ3n) is 1.29. The molecule has 0 fully saturated rings. The second-order valence-electron chi connectivity index (χ2n) is 2.59. The molecule has 0 aliphatic heterocycles. The van der Waals surface area contributed by atoms with Crippen molar-refractivity contribution in [2.45, 2.75) is 0 Å². The van der Waals surface area contributed by atoms with Crippen molar-refractivity contribution in [3.05, 3.63) is 23.8 Å². The van der Waals surface area contributed by atoms with E-state index in [4.69, 9.17) is 5.73 Å². The molecule has 14 heavy (non-hydrogen) atoms. The van der Waals surface area contributed by atoms with Gasteiger partial charge in [0.2, 0.25) is 0 Å². The predicted molar refractivity (Wildman–Crippen MR) is 46.2 cm³/mol. The van der Waals surface area contributed by atoms with Crippen molar-refractivity contribution >= 4 is 15.8 Å². The van der Waals surface area contributed by atoms with E-state index < -0.39 is 33.2 Å². The lowest BCUT2D eigenvalue weighted by Gasteiger charge is -2.05. The topological polar surface area (TPSA) is 69.4 Å². The number of nitrogen functional groups attached to an aromatic ring is 1. The van der Waals surface area contributed by atoms with Crippen molar-refractivity contribution in [2.24, 2.45) is 0 Å². The lowest BCUT2D eigenvalue weighted by Crippen LogP contribution is -2.08. The quantitative estimate of drug-likeness (QED) is 0.597. The van der Waals surface area contributed by atoms with Gasteiger partial charge in [0.1, 0.15) is 5.82 Å². The highest BCUT2D eigenvalue weighted by atomic mass is 32.2. The number of benzene rings is 1. The first-order valence-corrected chi connectivity index (χ1v) is 5.25. The Hall–Kier alpha value is -1.37. The summed E-state index contributed by atoms with van der Waals surface area (Å²) in [4.78, 5) is 0. The maximum absolute atomic E-state index is 12.9. The Labute approximate surface area is 79.4 Å². The molecule has 0 radical (unpaired) electrons. The van der Waals surface area contributed by atoms with Gasteiger partial charge in [-0.15, -0.1) is 0 Å². The van der Waals surface area contributed by atoms with Gasteiger partial charge in [-0.1, -0.05) is 0 Å². The summed E-state index contributed by atoms with van der Waals surface area (Å²) >= 11 is 0. The lowest BCUT2D eigenvalue weighted by molar-refractivity contribution is 0.463. The van der Waals surface area contributed by atoms with Crippen LogP contribution in [0.1, 0.15) is 0 Å². The third-order valence-corrected chi connectivity index (χ3v) is 1.77. The molecule has 0 saturated carbocycles. The fourth-order valence-electron chi connectivity index (χ4n) is 0.771. The monoisotopic (exact) mass is 223 g/mol. The second kappa shape index (κ2) is 3.41. The Morgan fingerprint density at radius 2 is 1.86 bits per heavy atom. The molecule has 7 heteroatoms. The zero-order valence-electron chi connectivity index (χ0n) is 7.12. The van der Waals surface area contributed by atoms with Crippen LogP contribution >= 0.6 is 0 Å². The summed E-state index contributed by atoms with van der Waals surface area (Å²) in [7, 11) is -3.88. The van der Waals surface area contributed by atoms with E-state index in [-0.39, 0.29) is 0 Å². The third kappa shape index (κ3) is 2.56. The van der Waals surface area contributed by atoms with Crippen LogP contribution in [0.5, 0.6) is 5.75 Å². The second-order valence-corrected chi connectivity index (χ2v) is 4.17. The fraction of sp³-hybridized carbons (Fsp3) is 0.143. The van der Waals surface area contributed by atoms with Gasteiger partial charge >= 0.3 is 10.1 Å². The molecule has 0 aliphatic carbocycles. The van der Waals surface area contributed by atoms with Crippen molar-refractivity contribution in [3.63, 3.8) is 0 Å². The molecule has 4 nitrogen and oxygen atoms in total. The van der Waals surface area contributed by atoms with E-state index in [1.165, 1.54) is 0 Å². The maximum Gasteiger partial charge on any atom is 0.306 e. The molecule has 1 aromatic rings. The van der Waals surface area contributed by atoms with Gasteiger partial charge in [-0.25, -0.2) is 8.78 Å². The summed E-state index contributed by atoms with van der Waals surface area (Å²) in [6.45, 7) is 0. The molecule has 0 saturated heterocycles. The molecule has 0 spiro atoms. The van der Waals surface area contributed by atoms with Crippen molar-refractivity contribution in [3.8, 4) is 5.75 Å². The molecular weight excluding hydrogens is 216 g/mol. The first-order chi connectivity index (χ1) is 6.29. The fourth-order valence-corrected chi connectivity index (χ4v) is 1.22. The Morgan fingerprint density at radius 1 is 1.29 bits per heavy atom. The molecule has 0 heterocycles. The van der Waals surface area contributed by atoms with E-state index in [1.807, 2.05) is 0 Å². The minimum atomic E-state index is -3.88. The number of rotatable bonds is 2. The molecule has 78 valence electrons. The number of nitrogens with two attached hydrogens (primary N) is 1. The minimum absolute atomic E-state index is 0.414. The SMILES string of the molecule is CS(=O)(=O)Oc1cc(F)c(N)cc1F. The van der Waals surface area contributed by atoms with Crippen LogP contribution in [-0.2, 0) is 10.1 Å². The number of hydrogen-bond donors (Lipinski definition) is 1. The zero-order chi connectivity index (χ0) is 10.9. The molecule has 0 aromatic heterocycles. The van der Waals surface area contributed by atoms with Gasteiger partial charge in [-0.3, -0.25) is 0 Å². The average molecular weight is 223 g/mol. The van der Waals surface area contributed by atoms with Gasteiger partial charge in [0.15, 0.2) is 11.6 Å². The Balaban J connectivity index is 3.17. The van der Waals surface area contributed by atoms with Gasteiger partial charge < -0.3 is 9.92 Å². The van der Waals surface area contributed by atoms with Crippen molar-refractivity contribution in [1.82, 2.24) is 0 Å². The van der Waals surface area contributed by atoms with Crippen molar-refractivity contribution in [1.29, 1.82) is 0 Å². The van der Waals surface area contributed by atoms with E-state index in [0.717, 1.165) is 6.26 Å². The highest BCUT2D eigenvalue weighted by Crippen LogP contribution is 2.23. The molecular formula is C7H7F2NO3S. The first-order valence-electron chi connectivity index (χ1n) is 3.43. The van der Waals surface area contributed by atoms with Crippen LogP contribution in [0, 0.1) is 11.6 Å². The number of anilines is 1. The van der Waals surface area contributed by atoms with Gasteiger partial charge in [0.25, 0.3) is 0 Å². The number of hydrogen-bond acceptors (Lipinski definition) is 4. The maximum atomic E-state index is 12.9. The highest BCUT2D eigenvalue weighted by molar-refractivity contribution is 7.86. The van der Waals surface area contributed by atoms with E-state index in [1.54, 1.807) is 0 Å². The Bertz CT molecular complexity index is 458. The minimum Gasteiger partial charge on any atom is -0.396 e.